The first-order chi connectivity index (χ1) is 7.49. The number of hydrogen-bond acceptors (Lipinski definition) is 2. The predicted molar refractivity (Wildman–Crippen MR) is 71.5 cm³/mol. The molecule has 2 atom stereocenters. The molecule has 1 fully saturated rings. The topological polar surface area (TPSA) is 29.3 Å². The van der Waals surface area contributed by atoms with Crippen molar-refractivity contribution in [3.63, 3.8) is 0 Å². The molecule has 1 saturated heterocycles. The zero-order valence-electron chi connectivity index (χ0n) is 9.84. The van der Waals surface area contributed by atoms with Crippen molar-refractivity contribution < 1.29 is 0 Å². The zero-order chi connectivity index (χ0) is 12.2. The molecule has 0 aliphatic carbocycles. The highest BCUT2D eigenvalue weighted by molar-refractivity contribution is 6.41. The average molecular weight is 212 g/mol. The van der Waals surface area contributed by atoms with Crippen LogP contribution >= 0.6 is 0 Å². The fourth-order valence-corrected chi connectivity index (χ4v) is 1.96. The maximum absolute atomic E-state index is 6.06. The Morgan fingerprint density at radius 2 is 2.06 bits per heavy atom. The molecule has 0 aromatic rings. The van der Waals surface area contributed by atoms with Crippen LogP contribution in [-0.2, 0) is 0 Å². The molecule has 0 spiro atoms. The highest BCUT2D eigenvalue weighted by atomic mass is 15.2. The second kappa shape index (κ2) is 5.55. The molecule has 82 valence electrons. The molecular formula is C12H18B2N2. The van der Waals surface area contributed by atoms with Crippen LogP contribution in [0.5, 0.6) is 0 Å². The van der Waals surface area contributed by atoms with E-state index in [0.29, 0.717) is 0 Å². The van der Waals surface area contributed by atoms with Gasteiger partial charge in [0.2, 0.25) is 0 Å². The smallest absolute Gasteiger partial charge is 0.0879 e. The van der Waals surface area contributed by atoms with E-state index >= 15 is 0 Å². The molecule has 1 aliphatic heterocycles. The van der Waals surface area contributed by atoms with Gasteiger partial charge >= 0.3 is 0 Å². The van der Waals surface area contributed by atoms with Crippen LogP contribution in [-0.4, -0.2) is 44.6 Å². The molecule has 2 nitrogen and oxygen atoms in total. The van der Waals surface area contributed by atoms with Gasteiger partial charge < -0.3 is 10.6 Å². The lowest BCUT2D eigenvalue weighted by Crippen LogP contribution is -2.52. The summed E-state index contributed by atoms with van der Waals surface area (Å²) in [6, 6.07) is 0.367. The Hall–Kier alpha value is -0.730. The third kappa shape index (κ3) is 3.13. The van der Waals surface area contributed by atoms with Gasteiger partial charge in [0.05, 0.1) is 15.7 Å². The summed E-state index contributed by atoms with van der Waals surface area (Å²) < 4.78 is 0. The van der Waals surface area contributed by atoms with Crippen LogP contribution in [0.15, 0.2) is 37.0 Å². The SMILES string of the molecule is [B]C([B])(/C=C/C=C\C=C)N1CCC(N)C1C. The van der Waals surface area contributed by atoms with Gasteiger partial charge in [-0.2, -0.15) is 0 Å². The first kappa shape index (κ1) is 13.3. The first-order valence-corrected chi connectivity index (χ1v) is 5.56. The summed E-state index contributed by atoms with van der Waals surface area (Å²) in [4.78, 5) is 2.02. The Balaban J connectivity index is 2.66. The summed E-state index contributed by atoms with van der Waals surface area (Å²) >= 11 is 0. The van der Waals surface area contributed by atoms with Crippen molar-refractivity contribution in [3.05, 3.63) is 37.0 Å². The van der Waals surface area contributed by atoms with E-state index in [1.165, 1.54) is 0 Å². The standard InChI is InChI=1S/C12H18B2N2/c1-3-4-5-6-8-12(13,14)16-9-7-11(15)10(16)2/h3-6,8,10-11H,1,7,9,15H2,2H3/b5-4-,8-6+. The summed E-state index contributed by atoms with van der Waals surface area (Å²) in [5, 5.41) is -0.932. The molecule has 0 bridgehead atoms. The Morgan fingerprint density at radius 1 is 1.38 bits per heavy atom. The lowest BCUT2D eigenvalue weighted by atomic mass is 9.60. The number of nitrogens with two attached hydrogens (primary N) is 1. The number of nitrogens with zero attached hydrogens (tertiary/aromatic N) is 1. The van der Waals surface area contributed by atoms with Gasteiger partial charge in [0, 0.05) is 12.1 Å². The van der Waals surface area contributed by atoms with E-state index in [-0.39, 0.29) is 12.1 Å². The summed E-state index contributed by atoms with van der Waals surface area (Å²) in [7, 11) is 12.1. The second-order valence-electron chi connectivity index (χ2n) is 4.25. The normalized spacial score (nSPS) is 28.1. The van der Waals surface area contributed by atoms with E-state index < -0.39 is 5.34 Å². The molecule has 4 heteroatoms. The molecule has 2 unspecified atom stereocenters. The summed E-state index contributed by atoms with van der Waals surface area (Å²) in [5.41, 5.74) is 5.94. The molecule has 1 aliphatic rings. The van der Waals surface area contributed by atoms with E-state index in [4.69, 9.17) is 21.4 Å². The molecule has 0 aromatic carbocycles. The van der Waals surface area contributed by atoms with Gasteiger partial charge in [-0.05, 0) is 25.2 Å². The third-order valence-corrected chi connectivity index (χ3v) is 3.03. The average Bonchev–Trinajstić information content (AvgIpc) is 2.55. The summed E-state index contributed by atoms with van der Waals surface area (Å²) in [5.74, 6) is 0. The maximum Gasteiger partial charge on any atom is 0.0879 e. The Bertz CT molecular complexity index is 297. The monoisotopic (exact) mass is 212 g/mol. The van der Waals surface area contributed by atoms with Gasteiger partial charge in [0.25, 0.3) is 0 Å². The zero-order valence-corrected chi connectivity index (χ0v) is 9.84. The van der Waals surface area contributed by atoms with Gasteiger partial charge in [-0.3, -0.25) is 0 Å². The van der Waals surface area contributed by atoms with Crippen molar-refractivity contribution in [2.24, 2.45) is 5.73 Å². The second-order valence-corrected chi connectivity index (χ2v) is 4.25. The Morgan fingerprint density at radius 3 is 2.56 bits per heavy atom. The van der Waals surface area contributed by atoms with E-state index in [0.717, 1.165) is 13.0 Å². The van der Waals surface area contributed by atoms with Crippen molar-refractivity contribution in [1.82, 2.24) is 4.90 Å². The Labute approximate surface area is 101 Å². The van der Waals surface area contributed by atoms with Crippen LogP contribution in [0.3, 0.4) is 0 Å². The molecule has 0 amide bonds. The fraction of sp³-hybridized carbons (Fsp3) is 0.500. The lowest BCUT2D eigenvalue weighted by Gasteiger charge is -2.38. The highest BCUT2D eigenvalue weighted by Gasteiger charge is 2.35. The van der Waals surface area contributed by atoms with Crippen molar-refractivity contribution in [2.75, 3.05) is 6.54 Å². The van der Waals surface area contributed by atoms with E-state index in [9.17, 15) is 0 Å². The highest BCUT2D eigenvalue weighted by Crippen LogP contribution is 2.23. The van der Waals surface area contributed by atoms with Crippen molar-refractivity contribution in [2.45, 2.75) is 30.8 Å². The predicted octanol–water partition coefficient (Wildman–Crippen LogP) is 0.697. The molecule has 16 heavy (non-hydrogen) atoms. The van der Waals surface area contributed by atoms with Crippen LogP contribution in [0, 0.1) is 0 Å². The largest absolute Gasteiger partial charge is 0.326 e. The van der Waals surface area contributed by atoms with Gasteiger partial charge in [0.15, 0.2) is 0 Å². The first-order valence-electron chi connectivity index (χ1n) is 5.56. The van der Waals surface area contributed by atoms with Gasteiger partial charge in [-0.25, -0.2) is 0 Å². The summed E-state index contributed by atoms with van der Waals surface area (Å²) in [6.45, 7) is 6.48. The fourth-order valence-electron chi connectivity index (χ4n) is 1.96. The van der Waals surface area contributed by atoms with Gasteiger partial charge in [-0.1, -0.05) is 37.0 Å². The Kier molecular flexibility index (Phi) is 4.63. The number of rotatable bonds is 4. The van der Waals surface area contributed by atoms with Crippen molar-refractivity contribution in [3.8, 4) is 0 Å². The van der Waals surface area contributed by atoms with Gasteiger partial charge in [0.1, 0.15) is 0 Å². The molecule has 0 saturated carbocycles. The van der Waals surface area contributed by atoms with Crippen LogP contribution in [0.25, 0.3) is 0 Å². The van der Waals surface area contributed by atoms with E-state index in [1.54, 1.807) is 12.2 Å². The molecular weight excluding hydrogens is 194 g/mol. The quantitative estimate of drug-likeness (QED) is 0.548. The number of likely N-dealkylation sites (tertiary alicyclic amines) is 1. The minimum absolute atomic E-state index is 0.156. The van der Waals surface area contributed by atoms with Crippen LogP contribution < -0.4 is 5.73 Å². The molecule has 4 radical (unpaired) electrons. The molecule has 1 heterocycles. The van der Waals surface area contributed by atoms with Crippen molar-refractivity contribution >= 4 is 15.7 Å². The minimum atomic E-state index is -0.932. The molecule has 1 rings (SSSR count). The van der Waals surface area contributed by atoms with E-state index in [2.05, 4.69) is 13.5 Å². The van der Waals surface area contributed by atoms with E-state index in [1.807, 2.05) is 23.1 Å². The van der Waals surface area contributed by atoms with Crippen LogP contribution in [0.4, 0.5) is 0 Å². The molecule has 2 N–H and O–H groups in total. The van der Waals surface area contributed by atoms with Crippen LogP contribution in [0.1, 0.15) is 13.3 Å². The lowest BCUT2D eigenvalue weighted by molar-refractivity contribution is 0.240. The number of hydrogen-bond donors (Lipinski definition) is 1. The maximum atomic E-state index is 6.06. The molecule has 0 aromatic heterocycles. The summed E-state index contributed by atoms with van der Waals surface area (Å²) in [6.07, 6.45) is 9.93. The van der Waals surface area contributed by atoms with Gasteiger partial charge in [-0.15, -0.1) is 0 Å². The minimum Gasteiger partial charge on any atom is -0.326 e. The van der Waals surface area contributed by atoms with Crippen molar-refractivity contribution in [1.29, 1.82) is 0 Å². The third-order valence-electron chi connectivity index (χ3n) is 3.03. The van der Waals surface area contributed by atoms with Crippen LogP contribution in [0.2, 0.25) is 0 Å². The number of allylic oxidation sites excluding steroid dienone is 4.